The van der Waals surface area contributed by atoms with Crippen molar-refractivity contribution in [2.75, 3.05) is 0 Å². The first kappa shape index (κ1) is 10.3. The Hall–Kier alpha value is -1.20. The van der Waals surface area contributed by atoms with Crippen molar-refractivity contribution in [1.29, 1.82) is 0 Å². The van der Waals surface area contributed by atoms with Gasteiger partial charge in [-0.05, 0) is 24.2 Å². The quantitative estimate of drug-likeness (QED) is 0.752. The van der Waals surface area contributed by atoms with E-state index in [2.05, 4.69) is 19.9 Å². The summed E-state index contributed by atoms with van der Waals surface area (Å²) in [6, 6.07) is 0. The molecule has 2 aromatic rings. The van der Waals surface area contributed by atoms with Crippen LogP contribution in [0.4, 0.5) is 0 Å². The number of nitrogens with zero attached hydrogens (tertiary/aromatic N) is 4. The number of halogens is 1. The Bertz CT molecular complexity index is 460. The van der Waals surface area contributed by atoms with Crippen LogP contribution in [0.1, 0.15) is 5.56 Å². The van der Waals surface area contributed by atoms with Crippen molar-refractivity contribution in [2.24, 2.45) is 0 Å². The maximum atomic E-state index is 5.86. The Balaban J connectivity index is 2.22. The smallest absolute Gasteiger partial charge is 0.193 e. The Kier molecular flexibility index (Phi) is 3.13. The highest BCUT2D eigenvalue weighted by Gasteiger charge is 2.06. The fourth-order valence-corrected chi connectivity index (χ4v) is 1.75. The van der Waals surface area contributed by atoms with Crippen molar-refractivity contribution in [2.45, 2.75) is 17.1 Å². The predicted octanol–water partition coefficient (Wildman–Crippen LogP) is 2.38. The SMILES string of the molecule is Cc1cnc(Sc2nccnc2Cl)nc1. The lowest BCUT2D eigenvalue weighted by atomic mass is 10.4. The van der Waals surface area contributed by atoms with Gasteiger partial charge in [0.25, 0.3) is 0 Å². The fourth-order valence-electron chi connectivity index (χ4n) is 0.897. The molecular formula is C9H7ClN4S. The number of aryl methyl sites for hydroxylation is 1. The molecule has 0 N–H and O–H groups in total. The summed E-state index contributed by atoms with van der Waals surface area (Å²) in [6.07, 6.45) is 6.63. The Morgan fingerprint density at radius 3 is 2.40 bits per heavy atom. The van der Waals surface area contributed by atoms with Crippen LogP contribution in [-0.4, -0.2) is 19.9 Å². The van der Waals surface area contributed by atoms with Crippen LogP contribution in [0.25, 0.3) is 0 Å². The molecule has 0 aliphatic carbocycles. The first-order valence-corrected chi connectivity index (χ1v) is 5.38. The fraction of sp³-hybridized carbons (Fsp3) is 0.111. The van der Waals surface area contributed by atoms with Gasteiger partial charge >= 0.3 is 0 Å². The van der Waals surface area contributed by atoms with Gasteiger partial charge in [-0.15, -0.1) is 0 Å². The van der Waals surface area contributed by atoms with Gasteiger partial charge in [0.2, 0.25) is 0 Å². The molecule has 76 valence electrons. The van der Waals surface area contributed by atoms with E-state index in [-0.39, 0.29) is 0 Å². The molecule has 4 nitrogen and oxygen atoms in total. The van der Waals surface area contributed by atoms with Crippen LogP contribution in [0, 0.1) is 6.92 Å². The van der Waals surface area contributed by atoms with Gasteiger partial charge in [-0.2, -0.15) is 0 Å². The van der Waals surface area contributed by atoms with E-state index >= 15 is 0 Å². The predicted molar refractivity (Wildman–Crippen MR) is 57.9 cm³/mol. The van der Waals surface area contributed by atoms with Gasteiger partial charge in [-0.3, -0.25) is 0 Å². The van der Waals surface area contributed by atoms with Gasteiger partial charge in [0.05, 0.1) is 0 Å². The molecule has 0 saturated carbocycles. The summed E-state index contributed by atoms with van der Waals surface area (Å²) in [4.78, 5) is 16.3. The van der Waals surface area contributed by atoms with Crippen molar-refractivity contribution in [3.05, 3.63) is 35.5 Å². The topological polar surface area (TPSA) is 51.6 Å². The lowest BCUT2D eigenvalue weighted by Crippen LogP contribution is -1.89. The van der Waals surface area contributed by atoms with E-state index in [0.717, 1.165) is 5.56 Å². The van der Waals surface area contributed by atoms with Crippen molar-refractivity contribution in [3.8, 4) is 0 Å². The normalized spacial score (nSPS) is 10.3. The van der Waals surface area contributed by atoms with Crippen molar-refractivity contribution in [1.82, 2.24) is 19.9 Å². The molecule has 0 atom stereocenters. The van der Waals surface area contributed by atoms with Crippen LogP contribution in [0.2, 0.25) is 5.15 Å². The van der Waals surface area contributed by atoms with Gasteiger partial charge < -0.3 is 0 Å². The zero-order valence-electron chi connectivity index (χ0n) is 7.88. The molecule has 0 fully saturated rings. The molecule has 0 bridgehead atoms. The van der Waals surface area contributed by atoms with Crippen molar-refractivity contribution < 1.29 is 0 Å². The molecule has 6 heteroatoms. The third-order valence-corrected chi connectivity index (χ3v) is 2.84. The molecule has 0 spiro atoms. The average molecular weight is 239 g/mol. The lowest BCUT2D eigenvalue weighted by Gasteiger charge is -2.00. The molecule has 0 radical (unpaired) electrons. The summed E-state index contributed by atoms with van der Waals surface area (Å²) in [7, 11) is 0. The van der Waals surface area contributed by atoms with E-state index in [0.29, 0.717) is 15.3 Å². The summed E-state index contributed by atoms with van der Waals surface area (Å²) in [5.41, 5.74) is 1.02. The van der Waals surface area contributed by atoms with Crippen LogP contribution >= 0.6 is 23.4 Å². The van der Waals surface area contributed by atoms with Gasteiger partial charge in [0.15, 0.2) is 10.3 Å². The Morgan fingerprint density at radius 2 is 1.73 bits per heavy atom. The van der Waals surface area contributed by atoms with Gasteiger partial charge in [-0.1, -0.05) is 11.6 Å². The second-order valence-electron chi connectivity index (χ2n) is 2.80. The van der Waals surface area contributed by atoms with Gasteiger partial charge in [0, 0.05) is 24.8 Å². The largest absolute Gasteiger partial charge is 0.245 e. The molecular weight excluding hydrogens is 232 g/mol. The number of aromatic nitrogens is 4. The summed E-state index contributed by atoms with van der Waals surface area (Å²) in [5, 5.41) is 1.60. The van der Waals surface area contributed by atoms with Crippen molar-refractivity contribution in [3.63, 3.8) is 0 Å². The Labute approximate surface area is 96.2 Å². The highest BCUT2D eigenvalue weighted by molar-refractivity contribution is 7.99. The number of hydrogen-bond donors (Lipinski definition) is 0. The minimum atomic E-state index is 0.367. The standard InChI is InChI=1S/C9H7ClN4S/c1-6-4-13-9(14-5-6)15-8-7(10)11-2-3-12-8/h2-5H,1H3. The molecule has 0 aliphatic heterocycles. The van der Waals surface area contributed by atoms with E-state index in [1.165, 1.54) is 11.8 Å². The van der Waals surface area contributed by atoms with Gasteiger partial charge in [0.1, 0.15) is 5.03 Å². The first-order chi connectivity index (χ1) is 7.25. The van der Waals surface area contributed by atoms with E-state index in [1.54, 1.807) is 24.8 Å². The molecule has 0 aliphatic rings. The van der Waals surface area contributed by atoms with Crippen LogP contribution in [0.3, 0.4) is 0 Å². The second-order valence-corrected chi connectivity index (χ2v) is 4.11. The monoisotopic (exact) mass is 238 g/mol. The molecule has 2 heterocycles. The molecule has 0 aromatic carbocycles. The highest BCUT2D eigenvalue weighted by Crippen LogP contribution is 2.26. The van der Waals surface area contributed by atoms with Gasteiger partial charge in [-0.25, -0.2) is 19.9 Å². The zero-order chi connectivity index (χ0) is 10.7. The van der Waals surface area contributed by atoms with Crippen molar-refractivity contribution >= 4 is 23.4 Å². The van der Waals surface area contributed by atoms with E-state index < -0.39 is 0 Å². The highest BCUT2D eigenvalue weighted by atomic mass is 35.5. The minimum absolute atomic E-state index is 0.367. The maximum absolute atomic E-state index is 5.86. The summed E-state index contributed by atoms with van der Waals surface area (Å²) in [5.74, 6) is 0. The summed E-state index contributed by atoms with van der Waals surface area (Å²) < 4.78 is 0. The average Bonchev–Trinajstić information content (AvgIpc) is 2.25. The lowest BCUT2D eigenvalue weighted by molar-refractivity contribution is 0.941. The number of rotatable bonds is 2. The first-order valence-electron chi connectivity index (χ1n) is 4.19. The summed E-state index contributed by atoms with van der Waals surface area (Å²) >= 11 is 7.15. The number of hydrogen-bond acceptors (Lipinski definition) is 5. The molecule has 0 amide bonds. The zero-order valence-corrected chi connectivity index (χ0v) is 9.46. The van der Waals surface area contributed by atoms with E-state index in [1.807, 2.05) is 6.92 Å². The van der Waals surface area contributed by atoms with Crippen LogP contribution < -0.4 is 0 Å². The minimum Gasteiger partial charge on any atom is -0.245 e. The third kappa shape index (κ3) is 2.64. The maximum Gasteiger partial charge on any atom is 0.193 e. The molecule has 2 rings (SSSR count). The van der Waals surface area contributed by atoms with Crippen LogP contribution in [-0.2, 0) is 0 Å². The second kappa shape index (κ2) is 4.55. The van der Waals surface area contributed by atoms with E-state index in [9.17, 15) is 0 Å². The summed E-state index contributed by atoms with van der Waals surface area (Å²) in [6.45, 7) is 1.93. The molecule has 0 unspecified atom stereocenters. The van der Waals surface area contributed by atoms with Crippen LogP contribution in [0.5, 0.6) is 0 Å². The molecule has 0 saturated heterocycles. The Morgan fingerprint density at radius 1 is 1.07 bits per heavy atom. The third-order valence-electron chi connectivity index (χ3n) is 1.57. The van der Waals surface area contributed by atoms with E-state index in [4.69, 9.17) is 11.6 Å². The van der Waals surface area contributed by atoms with Crippen LogP contribution in [0.15, 0.2) is 35.0 Å². The molecule has 2 aromatic heterocycles. The molecule has 15 heavy (non-hydrogen) atoms.